The first-order valence-electron chi connectivity index (χ1n) is 6.89. The van der Waals surface area contributed by atoms with Crippen LogP contribution in [-0.2, 0) is 4.79 Å². The van der Waals surface area contributed by atoms with Crippen LogP contribution in [-0.4, -0.2) is 50.2 Å². The number of aliphatic hydroxyl groups is 1. The molecule has 1 aliphatic rings. The summed E-state index contributed by atoms with van der Waals surface area (Å²) in [6, 6.07) is 3.99. The Labute approximate surface area is 117 Å². The first kappa shape index (κ1) is 13.1. The standard InChI is InChI=1S/C14H18N4O2/c1-10-2-3-12-15-14(16-18(12)8-10)11-4-6-17(7-5-11)13(20)9-19/h2-3,8,11,19H,4-7,9H2,1H3. The summed E-state index contributed by atoms with van der Waals surface area (Å²) in [5, 5.41) is 13.4. The molecule has 1 saturated heterocycles. The number of carbonyl (C=O) groups excluding carboxylic acids is 1. The van der Waals surface area contributed by atoms with Crippen molar-refractivity contribution in [1.29, 1.82) is 0 Å². The van der Waals surface area contributed by atoms with Crippen molar-refractivity contribution in [3.63, 3.8) is 0 Å². The van der Waals surface area contributed by atoms with Crippen LogP contribution < -0.4 is 0 Å². The Balaban J connectivity index is 1.75. The normalized spacial score (nSPS) is 16.8. The van der Waals surface area contributed by atoms with Crippen LogP contribution >= 0.6 is 0 Å². The molecule has 1 fully saturated rings. The minimum Gasteiger partial charge on any atom is -0.387 e. The van der Waals surface area contributed by atoms with E-state index in [-0.39, 0.29) is 11.8 Å². The number of aryl methyl sites for hydroxylation is 1. The molecule has 1 N–H and O–H groups in total. The second kappa shape index (κ2) is 5.20. The first-order valence-corrected chi connectivity index (χ1v) is 6.89. The van der Waals surface area contributed by atoms with Gasteiger partial charge >= 0.3 is 0 Å². The van der Waals surface area contributed by atoms with Crippen LogP contribution in [0.5, 0.6) is 0 Å². The molecular formula is C14H18N4O2. The minimum atomic E-state index is -0.406. The average Bonchev–Trinajstić information content (AvgIpc) is 2.89. The number of nitrogens with zero attached hydrogens (tertiary/aromatic N) is 4. The quantitative estimate of drug-likeness (QED) is 0.876. The smallest absolute Gasteiger partial charge is 0.248 e. The Morgan fingerprint density at radius 1 is 1.40 bits per heavy atom. The molecule has 0 aromatic carbocycles. The van der Waals surface area contributed by atoms with Crippen molar-refractivity contribution < 1.29 is 9.90 Å². The highest BCUT2D eigenvalue weighted by atomic mass is 16.3. The number of aliphatic hydroxyl groups excluding tert-OH is 1. The van der Waals surface area contributed by atoms with Gasteiger partial charge in [-0.1, -0.05) is 6.07 Å². The lowest BCUT2D eigenvalue weighted by atomic mass is 9.96. The van der Waals surface area contributed by atoms with E-state index in [4.69, 9.17) is 5.11 Å². The van der Waals surface area contributed by atoms with Gasteiger partial charge in [0.25, 0.3) is 0 Å². The van der Waals surface area contributed by atoms with E-state index in [1.54, 1.807) is 4.90 Å². The highest BCUT2D eigenvalue weighted by Crippen LogP contribution is 2.26. The monoisotopic (exact) mass is 274 g/mol. The maximum Gasteiger partial charge on any atom is 0.248 e. The van der Waals surface area contributed by atoms with Gasteiger partial charge in [0.2, 0.25) is 5.91 Å². The predicted octanol–water partition coefficient (Wildman–Crippen LogP) is 0.736. The van der Waals surface area contributed by atoms with Gasteiger partial charge in [-0.05, 0) is 31.4 Å². The molecule has 106 valence electrons. The zero-order valence-corrected chi connectivity index (χ0v) is 11.5. The number of amides is 1. The van der Waals surface area contributed by atoms with Gasteiger partial charge in [-0.15, -0.1) is 0 Å². The number of aromatic nitrogens is 3. The van der Waals surface area contributed by atoms with Crippen molar-refractivity contribution in [2.75, 3.05) is 19.7 Å². The topological polar surface area (TPSA) is 70.7 Å². The largest absolute Gasteiger partial charge is 0.387 e. The van der Waals surface area contributed by atoms with Crippen LogP contribution in [0.25, 0.3) is 5.65 Å². The Morgan fingerprint density at radius 2 is 2.15 bits per heavy atom. The molecule has 0 radical (unpaired) electrons. The lowest BCUT2D eigenvalue weighted by Crippen LogP contribution is -2.39. The molecule has 0 spiro atoms. The molecule has 1 aliphatic heterocycles. The molecule has 2 aromatic rings. The summed E-state index contributed by atoms with van der Waals surface area (Å²) in [5.74, 6) is 0.951. The number of fused-ring (bicyclic) bond motifs is 1. The van der Waals surface area contributed by atoms with Gasteiger partial charge in [-0.2, -0.15) is 5.10 Å². The summed E-state index contributed by atoms with van der Waals surface area (Å²) in [5.41, 5.74) is 2.01. The van der Waals surface area contributed by atoms with E-state index in [9.17, 15) is 4.79 Å². The zero-order valence-electron chi connectivity index (χ0n) is 11.5. The van der Waals surface area contributed by atoms with Crippen LogP contribution in [0.4, 0.5) is 0 Å². The van der Waals surface area contributed by atoms with Gasteiger partial charge in [0.1, 0.15) is 6.61 Å². The second-order valence-corrected chi connectivity index (χ2v) is 5.29. The van der Waals surface area contributed by atoms with Crippen LogP contribution in [0.1, 0.15) is 30.1 Å². The van der Waals surface area contributed by atoms with Gasteiger partial charge in [0, 0.05) is 25.2 Å². The van der Waals surface area contributed by atoms with E-state index in [0.717, 1.165) is 29.9 Å². The summed E-state index contributed by atoms with van der Waals surface area (Å²) in [4.78, 5) is 17.7. The third-order valence-electron chi connectivity index (χ3n) is 3.84. The van der Waals surface area contributed by atoms with E-state index >= 15 is 0 Å². The van der Waals surface area contributed by atoms with Crippen LogP contribution in [0, 0.1) is 6.92 Å². The summed E-state index contributed by atoms with van der Waals surface area (Å²) in [7, 11) is 0. The second-order valence-electron chi connectivity index (χ2n) is 5.29. The minimum absolute atomic E-state index is 0.193. The third-order valence-corrected chi connectivity index (χ3v) is 3.84. The summed E-state index contributed by atoms with van der Waals surface area (Å²) in [6.07, 6.45) is 3.67. The van der Waals surface area contributed by atoms with Crippen LogP contribution in [0.15, 0.2) is 18.3 Å². The molecule has 0 saturated carbocycles. The van der Waals surface area contributed by atoms with Crippen molar-refractivity contribution in [3.8, 4) is 0 Å². The van der Waals surface area contributed by atoms with Gasteiger partial charge in [-0.25, -0.2) is 9.50 Å². The number of pyridine rings is 1. The Hall–Kier alpha value is -1.95. The molecule has 6 heteroatoms. The molecule has 1 amide bonds. The lowest BCUT2D eigenvalue weighted by Gasteiger charge is -2.30. The summed E-state index contributed by atoms with van der Waals surface area (Å²) in [6.45, 7) is 2.95. The molecule has 20 heavy (non-hydrogen) atoms. The van der Waals surface area contributed by atoms with Crippen LogP contribution in [0.3, 0.4) is 0 Å². The van der Waals surface area contributed by atoms with Crippen molar-refractivity contribution in [2.45, 2.75) is 25.7 Å². The molecule has 3 heterocycles. The number of piperidine rings is 1. The van der Waals surface area contributed by atoms with Crippen molar-refractivity contribution in [3.05, 3.63) is 29.7 Å². The van der Waals surface area contributed by atoms with E-state index in [0.29, 0.717) is 13.1 Å². The molecule has 2 aromatic heterocycles. The van der Waals surface area contributed by atoms with E-state index in [1.807, 2.05) is 29.8 Å². The van der Waals surface area contributed by atoms with Crippen molar-refractivity contribution in [2.24, 2.45) is 0 Å². The summed E-state index contributed by atoms with van der Waals surface area (Å²) >= 11 is 0. The molecule has 0 unspecified atom stereocenters. The predicted molar refractivity (Wildman–Crippen MR) is 73.4 cm³/mol. The number of likely N-dealkylation sites (tertiary alicyclic amines) is 1. The van der Waals surface area contributed by atoms with E-state index in [2.05, 4.69) is 10.1 Å². The van der Waals surface area contributed by atoms with Crippen molar-refractivity contribution >= 4 is 11.6 Å². The SMILES string of the molecule is Cc1ccc2nc(C3CCN(C(=O)CO)CC3)nn2c1. The fraction of sp³-hybridized carbons (Fsp3) is 0.500. The van der Waals surface area contributed by atoms with Gasteiger partial charge < -0.3 is 10.0 Å². The Morgan fingerprint density at radius 3 is 2.85 bits per heavy atom. The molecule has 6 nitrogen and oxygen atoms in total. The van der Waals surface area contributed by atoms with Gasteiger partial charge in [0.15, 0.2) is 11.5 Å². The van der Waals surface area contributed by atoms with Gasteiger partial charge in [0.05, 0.1) is 0 Å². The molecule has 0 bridgehead atoms. The maximum absolute atomic E-state index is 11.4. The van der Waals surface area contributed by atoms with Crippen LogP contribution in [0.2, 0.25) is 0 Å². The Bertz CT molecular complexity index is 629. The summed E-state index contributed by atoms with van der Waals surface area (Å²) < 4.78 is 1.82. The number of rotatable bonds is 2. The molecular weight excluding hydrogens is 256 g/mol. The number of hydrogen-bond donors (Lipinski definition) is 1. The van der Waals surface area contributed by atoms with Gasteiger partial charge in [-0.3, -0.25) is 4.79 Å². The molecule has 0 atom stereocenters. The molecule has 0 aliphatic carbocycles. The van der Waals surface area contributed by atoms with Crippen molar-refractivity contribution in [1.82, 2.24) is 19.5 Å². The fourth-order valence-corrected chi connectivity index (χ4v) is 2.66. The highest BCUT2D eigenvalue weighted by Gasteiger charge is 2.25. The third kappa shape index (κ3) is 2.38. The Kier molecular flexibility index (Phi) is 3.40. The first-order chi connectivity index (χ1) is 9.67. The maximum atomic E-state index is 11.4. The molecule has 3 rings (SSSR count). The lowest BCUT2D eigenvalue weighted by molar-refractivity contribution is -0.135. The zero-order chi connectivity index (χ0) is 14.1. The number of hydrogen-bond acceptors (Lipinski definition) is 4. The average molecular weight is 274 g/mol. The van der Waals surface area contributed by atoms with E-state index in [1.165, 1.54) is 0 Å². The fourth-order valence-electron chi connectivity index (χ4n) is 2.66. The highest BCUT2D eigenvalue weighted by molar-refractivity contribution is 5.77. The number of carbonyl (C=O) groups is 1. The van der Waals surface area contributed by atoms with E-state index < -0.39 is 6.61 Å².